The molecule has 1 aliphatic rings. The molecule has 2 atom stereocenters. The minimum atomic E-state index is 0.0714. The summed E-state index contributed by atoms with van der Waals surface area (Å²) >= 11 is 0. The summed E-state index contributed by atoms with van der Waals surface area (Å²) in [5, 5.41) is 3.91. The van der Waals surface area contributed by atoms with Crippen molar-refractivity contribution in [2.45, 2.75) is 57.6 Å². The molecule has 5 heteroatoms. The summed E-state index contributed by atoms with van der Waals surface area (Å²) in [6.07, 6.45) is 6.42. The van der Waals surface area contributed by atoms with Crippen LogP contribution in [0, 0.1) is 0 Å². The second kappa shape index (κ2) is 6.12. The van der Waals surface area contributed by atoms with Crippen LogP contribution >= 0.6 is 0 Å². The molecular formula is C12H21N3O2. The molecule has 17 heavy (non-hydrogen) atoms. The predicted octanol–water partition coefficient (Wildman–Crippen LogP) is 1.46. The first kappa shape index (κ1) is 12.5. The molecule has 1 aromatic rings. The van der Waals surface area contributed by atoms with Crippen molar-refractivity contribution in [2.24, 2.45) is 5.73 Å². The van der Waals surface area contributed by atoms with Gasteiger partial charge in [0.15, 0.2) is 5.82 Å². The minimum absolute atomic E-state index is 0.0714. The molecule has 0 bridgehead atoms. The number of hydrogen-bond acceptors (Lipinski definition) is 5. The molecule has 2 N–H and O–H groups in total. The smallest absolute Gasteiger partial charge is 0.226 e. The topological polar surface area (TPSA) is 74.2 Å². The Morgan fingerprint density at radius 1 is 1.47 bits per heavy atom. The number of ether oxygens (including phenoxy) is 1. The van der Waals surface area contributed by atoms with Gasteiger partial charge in [0, 0.05) is 25.5 Å². The predicted molar refractivity (Wildman–Crippen MR) is 63.6 cm³/mol. The fraction of sp³-hybridized carbons (Fsp3) is 0.833. The van der Waals surface area contributed by atoms with Crippen LogP contribution in [0.3, 0.4) is 0 Å². The molecular weight excluding hydrogens is 218 g/mol. The summed E-state index contributed by atoms with van der Waals surface area (Å²) in [4.78, 5) is 4.32. The van der Waals surface area contributed by atoms with E-state index in [1.165, 1.54) is 12.8 Å². The van der Waals surface area contributed by atoms with Gasteiger partial charge in [0.1, 0.15) is 0 Å². The number of hydrogen-bond donors (Lipinski definition) is 1. The Morgan fingerprint density at radius 3 is 3.06 bits per heavy atom. The molecule has 0 amide bonds. The molecule has 0 aliphatic carbocycles. The van der Waals surface area contributed by atoms with Crippen molar-refractivity contribution in [1.29, 1.82) is 0 Å². The summed E-state index contributed by atoms with van der Waals surface area (Å²) in [6.45, 7) is 2.83. The molecule has 0 saturated carbocycles. The van der Waals surface area contributed by atoms with Gasteiger partial charge in [-0.25, -0.2) is 0 Å². The van der Waals surface area contributed by atoms with E-state index in [2.05, 4.69) is 10.1 Å². The van der Waals surface area contributed by atoms with Crippen LogP contribution in [0.4, 0.5) is 0 Å². The van der Waals surface area contributed by atoms with Gasteiger partial charge in [0.2, 0.25) is 5.89 Å². The van der Waals surface area contributed by atoms with Crippen molar-refractivity contribution in [1.82, 2.24) is 10.1 Å². The van der Waals surface area contributed by atoms with Crippen LogP contribution in [0.25, 0.3) is 0 Å². The minimum Gasteiger partial charge on any atom is -0.378 e. The maximum Gasteiger partial charge on any atom is 0.226 e. The SMILES string of the molecule is CC(N)Cc1noc(CCC2CCCCO2)n1. The Morgan fingerprint density at radius 2 is 2.35 bits per heavy atom. The molecule has 2 rings (SSSR count). The molecule has 2 unspecified atom stereocenters. The lowest BCUT2D eigenvalue weighted by atomic mass is 10.0. The standard InChI is InChI=1S/C12H21N3O2/c1-9(13)8-11-14-12(17-15-11)6-5-10-4-2-3-7-16-10/h9-10H,2-8,13H2,1H3. The molecule has 0 spiro atoms. The normalized spacial score (nSPS) is 22.6. The Labute approximate surface area is 102 Å². The van der Waals surface area contributed by atoms with E-state index in [0.717, 1.165) is 25.9 Å². The van der Waals surface area contributed by atoms with Crippen molar-refractivity contribution in [2.75, 3.05) is 6.61 Å². The van der Waals surface area contributed by atoms with Crippen molar-refractivity contribution >= 4 is 0 Å². The Hall–Kier alpha value is -0.940. The van der Waals surface area contributed by atoms with E-state index in [-0.39, 0.29) is 6.04 Å². The average Bonchev–Trinajstić information content (AvgIpc) is 2.75. The van der Waals surface area contributed by atoms with Gasteiger partial charge in [-0.15, -0.1) is 0 Å². The number of nitrogens with two attached hydrogens (primary N) is 1. The number of aryl methyl sites for hydroxylation is 1. The van der Waals surface area contributed by atoms with Crippen LogP contribution in [0.1, 0.15) is 44.3 Å². The zero-order valence-corrected chi connectivity index (χ0v) is 10.4. The largest absolute Gasteiger partial charge is 0.378 e. The van der Waals surface area contributed by atoms with Gasteiger partial charge in [0.05, 0.1) is 6.10 Å². The lowest BCUT2D eigenvalue weighted by molar-refractivity contribution is 0.0104. The van der Waals surface area contributed by atoms with E-state index in [1.54, 1.807) is 0 Å². The number of nitrogens with zero attached hydrogens (tertiary/aromatic N) is 2. The van der Waals surface area contributed by atoms with Gasteiger partial charge >= 0.3 is 0 Å². The molecule has 96 valence electrons. The van der Waals surface area contributed by atoms with Crippen molar-refractivity contribution in [3.05, 3.63) is 11.7 Å². The van der Waals surface area contributed by atoms with E-state index >= 15 is 0 Å². The van der Waals surface area contributed by atoms with Crippen molar-refractivity contribution < 1.29 is 9.26 Å². The Bertz CT molecular complexity index is 332. The fourth-order valence-electron chi connectivity index (χ4n) is 2.08. The highest BCUT2D eigenvalue weighted by Crippen LogP contribution is 2.17. The van der Waals surface area contributed by atoms with Gasteiger partial charge in [-0.05, 0) is 32.6 Å². The maximum atomic E-state index is 5.68. The zero-order chi connectivity index (χ0) is 12.1. The third-order valence-electron chi connectivity index (χ3n) is 2.97. The fourth-order valence-corrected chi connectivity index (χ4v) is 2.08. The maximum absolute atomic E-state index is 5.68. The van der Waals surface area contributed by atoms with E-state index < -0.39 is 0 Å². The van der Waals surface area contributed by atoms with E-state index in [9.17, 15) is 0 Å². The van der Waals surface area contributed by atoms with E-state index in [0.29, 0.717) is 24.2 Å². The molecule has 2 heterocycles. The highest BCUT2D eigenvalue weighted by molar-refractivity contribution is 4.89. The first-order chi connectivity index (χ1) is 8.24. The van der Waals surface area contributed by atoms with Gasteiger partial charge < -0.3 is 15.0 Å². The van der Waals surface area contributed by atoms with Crippen LogP contribution in [0.2, 0.25) is 0 Å². The average molecular weight is 239 g/mol. The number of rotatable bonds is 5. The second-order valence-electron chi connectivity index (χ2n) is 4.81. The molecule has 1 aromatic heterocycles. The molecule has 1 saturated heterocycles. The van der Waals surface area contributed by atoms with E-state index in [1.807, 2.05) is 6.92 Å². The van der Waals surface area contributed by atoms with Gasteiger partial charge in [0.25, 0.3) is 0 Å². The first-order valence-corrected chi connectivity index (χ1v) is 6.42. The van der Waals surface area contributed by atoms with E-state index in [4.69, 9.17) is 15.0 Å². The lowest BCUT2D eigenvalue weighted by Gasteiger charge is -2.21. The Kier molecular flexibility index (Phi) is 4.50. The summed E-state index contributed by atoms with van der Waals surface area (Å²) in [6, 6.07) is 0.0714. The molecule has 1 aliphatic heterocycles. The van der Waals surface area contributed by atoms with Crippen molar-refractivity contribution in [3.8, 4) is 0 Å². The quantitative estimate of drug-likeness (QED) is 0.842. The molecule has 0 aromatic carbocycles. The van der Waals surface area contributed by atoms with Crippen LogP contribution in [0.5, 0.6) is 0 Å². The van der Waals surface area contributed by atoms with Gasteiger partial charge in [-0.2, -0.15) is 4.98 Å². The molecule has 0 radical (unpaired) electrons. The zero-order valence-electron chi connectivity index (χ0n) is 10.4. The third kappa shape index (κ3) is 4.09. The second-order valence-corrected chi connectivity index (χ2v) is 4.81. The number of aromatic nitrogens is 2. The van der Waals surface area contributed by atoms with Crippen LogP contribution in [-0.4, -0.2) is 28.9 Å². The van der Waals surface area contributed by atoms with Crippen LogP contribution in [-0.2, 0) is 17.6 Å². The highest BCUT2D eigenvalue weighted by Gasteiger charge is 2.15. The molecule has 1 fully saturated rings. The van der Waals surface area contributed by atoms with Crippen LogP contribution < -0.4 is 5.73 Å². The molecule has 5 nitrogen and oxygen atoms in total. The summed E-state index contributed by atoms with van der Waals surface area (Å²) < 4.78 is 10.8. The van der Waals surface area contributed by atoms with Crippen LogP contribution in [0.15, 0.2) is 4.52 Å². The monoisotopic (exact) mass is 239 g/mol. The third-order valence-corrected chi connectivity index (χ3v) is 2.97. The summed E-state index contributed by atoms with van der Waals surface area (Å²) in [7, 11) is 0. The van der Waals surface area contributed by atoms with Crippen molar-refractivity contribution in [3.63, 3.8) is 0 Å². The summed E-state index contributed by atoms with van der Waals surface area (Å²) in [5.41, 5.74) is 5.68. The first-order valence-electron chi connectivity index (χ1n) is 6.42. The van der Waals surface area contributed by atoms with Gasteiger partial charge in [-0.1, -0.05) is 5.16 Å². The highest BCUT2D eigenvalue weighted by atomic mass is 16.5. The lowest BCUT2D eigenvalue weighted by Crippen LogP contribution is -2.19. The van der Waals surface area contributed by atoms with Gasteiger partial charge in [-0.3, -0.25) is 0 Å². The summed E-state index contributed by atoms with van der Waals surface area (Å²) in [5.74, 6) is 1.41. The Balaban J connectivity index is 1.76.